The van der Waals surface area contributed by atoms with E-state index in [2.05, 4.69) is 21.2 Å². The minimum atomic E-state index is -0.270. The second kappa shape index (κ2) is 6.70. The zero-order valence-corrected chi connectivity index (χ0v) is 14.2. The van der Waals surface area contributed by atoms with Crippen molar-refractivity contribution in [2.75, 3.05) is 25.3 Å². The maximum Gasteiger partial charge on any atom is 0.259 e. The van der Waals surface area contributed by atoms with Gasteiger partial charge in [0.1, 0.15) is 11.5 Å². The quantitative estimate of drug-likeness (QED) is 0.812. The van der Waals surface area contributed by atoms with Crippen molar-refractivity contribution >= 4 is 33.2 Å². The summed E-state index contributed by atoms with van der Waals surface area (Å²) in [5.74, 6) is 0.799. The van der Waals surface area contributed by atoms with Crippen LogP contribution >= 0.6 is 15.9 Å². The van der Waals surface area contributed by atoms with Gasteiger partial charge in [-0.2, -0.15) is 0 Å². The molecule has 0 aliphatic carbocycles. The van der Waals surface area contributed by atoms with Crippen molar-refractivity contribution < 1.29 is 14.3 Å². The van der Waals surface area contributed by atoms with E-state index in [1.165, 1.54) is 7.11 Å². The number of nitrogens with two attached hydrogens (primary N) is 1. The van der Waals surface area contributed by atoms with E-state index in [0.717, 1.165) is 10.0 Å². The van der Waals surface area contributed by atoms with Crippen LogP contribution in [0.5, 0.6) is 11.5 Å². The van der Waals surface area contributed by atoms with Gasteiger partial charge in [-0.25, -0.2) is 0 Å². The van der Waals surface area contributed by atoms with Crippen LogP contribution in [-0.4, -0.2) is 20.1 Å². The van der Waals surface area contributed by atoms with E-state index < -0.39 is 0 Å². The molecule has 0 radical (unpaired) electrons. The van der Waals surface area contributed by atoms with Crippen LogP contribution in [0.1, 0.15) is 15.9 Å². The third-order valence-electron chi connectivity index (χ3n) is 3.20. The molecule has 2 aromatic rings. The predicted molar refractivity (Wildman–Crippen MR) is 90.8 cm³/mol. The highest BCUT2D eigenvalue weighted by molar-refractivity contribution is 9.10. The third-order valence-corrected chi connectivity index (χ3v) is 3.83. The Hall–Kier alpha value is -2.21. The predicted octanol–water partition coefficient (Wildman–Crippen LogP) is 3.61. The summed E-state index contributed by atoms with van der Waals surface area (Å²) in [5, 5.41) is 2.87. The lowest BCUT2D eigenvalue weighted by molar-refractivity contribution is 0.102. The number of amides is 1. The molecule has 0 atom stereocenters. The summed E-state index contributed by atoms with van der Waals surface area (Å²) in [4.78, 5) is 12.5. The minimum Gasteiger partial charge on any atom is -0.497 e. The number of aryl methyl sites for hydroxylation is 1. The summed E-state index contributed by atoms with van der Waals surface area (Å²) in [5.41, 5.74) is 8.37. The van der Waals surface area contributed by atoms with Gasteiger partial charge in [-0.05, 0) is 52.7 Å². The van der Waals surface area contributed by atoms with Gasteiger partial charge in [-0.3, -0.25) is 4.79 Å². The Morgan fingerprint density at radius 3 is 2.50 bits per heavy atom. The van der Waals surface area contributed by atoms with E-state index in [9.17, 15) is 4.79 Å². The number of anilines is 2. The largest absolute Gasteiger partial charge is 0.497 e. The topological polar surface area (TPSA) is 73.6 Å². The second-order valence-electron chi connectivity index (χ2n) is 4.71. The van der Waals surface area contributed by atoms with Crippen molar-refractivity contribution in [3.63, 3.8) is 0 Å². The zero-order chi connectivity index (χ0) is 16.3. The Labute approximate surface area is 137 Å². The number of carbonyl (C=O) groups excluding carboxylic acids is 1. The second-order valence-corrected chi connectivity index (χ2v) is 5.57. The Kier molecular flexibility index (Phi) is 4.92. The standard InChI is InChI=1S/C16H17BrN2O3/c1-9-6-10(18)7-13(17)15(9)19-16(20)12-5-4-11(21-2)8-14(12)22-3/h4-8H,18H2,1-3H3,(H,19,20). The number of hydrogen-bond acceptors (Lipinski definition) is 4. The van der Waals surface area contributed by atoms with Crippen LogP contribution in [0.2, 0.25) is 0 Å². The van der Waals surface area contributed by atoms with Crippen molar-refractivity contribution in [3.05, 3.63) is 45.9 Å². The van der Waals surface area contributed by atoms with E-state index in [1.807, 2.05) is 6.92 Å². The summed E-state index contributed by atoms with van der Waals surface area (Å²) in [6.45, 7) is 1.88. The van der Waals surface area contributed by atoms with Crippen molar-refractivity contribution in [1.82, 2.24) is 0 Å². The van der Waals surface area contributed by atoms with E-state index in [1.54, 1.807) is 37.4 Å². The van der Waals surface area contributed by atoms with Gasteiger partial charge in [-0.1, -0.05) is 0 Å². The van der Waals surface area contributed by atoms with Gasteiger partial charge in [0.2, 0.25) is 0 Å². The molecule has 6 heteroatoms. The normalized spacial score (nSPS) is 10.2. The average molecular weight is 365 g/mol. The molecule has 2 aromatic carbocycles. The van der Waals surface area contributed by atoms with Crippen molar-refractivity contribution in [2.45, 2.75) is 6.92 Å². The number of nitrogen functional groups attached to an aromatic ring is 1. The summed E-state index contributed by atoms with van der Waals surface area (Å²) in [6.07, 6.45) is 0. The number of hydrogen-bond donors (Lipinski definition) is 2. The molecule has 0 aliphatic heterocycles. The third kappa shape index (κ3) is 3.33. The number of halogens is 1. The van der Waals surface area contributed by atoms with Crippen LogP contribution in [-0.2, 0) is 0 Å². The lowest BCUT2D eigenvalue weighted by atomic mass is 10.1. The SMILES string of the molecule is COc1ccc(C(=O)Nc2c(C)cc(N)cc2Br)c(OC)c1. The number of carbonyl (C=O) groups is 1. The Balaban J connectivity index is 2.34. The molecule has 1 amide bonds. The molecule has 2 rings (SSSR count). The van der Waals surface area contributed by atoms with Crippen LogP contribution in [0.15, 0.2) is 34.8 Å². The van der Waals surface area contributed by atoms with Crippen LogP contribution in [0, 0.1) is 6.92 Å². The summed E-state index contributed by atoms with van der Waals surface area (Å²) in [6, 6.07) is 8.58. The lowest BCUT2D eigenvalue weighted by Crippen LogP contribution is -2.14. The highest BCUT2D eigenvalue weighted by atomic mass is 79.9. The van der Waals surface area contributed by atoms with Gasteiger partial charge in [-0.15, -0.1) is 0 Å². The van der Waals surface area contributed by atoms with E-state index in [0.29, 0.717) is 28.4 Å². The van der Waals surface area contributed by atoms with Gasteiger partial charge in [0, 0.05) is 16.2 Å². The monoisotopic (exact) mass is 364 g/mol. The lowest BCUT2D eigenvalue weighted by Gasteiger charge is -2.14. The van der Waals surface area contributed by atoms with E-state index >= 15 is 0 Å². The van der Waals surface area contributed by atoms with Gasteiger partial charge in [0.05, 0.1) is 25.5 Å². The smallest absolute Gasteiger partial charge is 0.259 e. The highest BCUT2D eigenvalue weighted by Gasteiger charge is 2.16. The number of ether oxygens (including phenoxy) is 2. The molecule has 22 heavy (non-hydrogen) atoms. The van der Waals surface area contributed by atoms with Crippen molar-refractivity contribution in [1.29, 1.82) is 0 Å². The average Bonchev–Trinajstić information content (AvgIpc) is 2.49. The zero-order valence-electron chi connectivity index (χ0n) is 12.6. The Morgan fingerprint density at radius 2 is 1.91 bits per heavy atom. The molecule has 0 unspecified atom stereocenters. The van der Waals surface area contributed by atoms with E-state index in [4.69, 9.17) is 15.2 Å². The molecule has 0 heterocycles. The molecule has 3 N–H and O–H groups in total. The first-order valence-electron chi connectivity index (χ1n) is 6.55. The Bertz CT molecular complexity index is 694. The molecule has 116 valence electrons. The van der Waals surface area contributed by atoms with Crippen molar-refractivity contribution in [3.8, 4) is 11.5 Å². The van der Waals surface area contributed by atoms with Crippen LogP contribution in [0.25, 0.3) is 0 Å². The van der Waals surface area contributed by atoms with Crippen LogP contribution in [0.4, 0.5) is 11.4 Å². The number of nitrogens with one attached hydrogen (secondary N) is 1. The summed E-state index contributed by atoms with van der Waals surface area (Å²) < 4.78 is 11.1. The van der Waals surface area contributed by atoms with E-state index in [-0.39, 0.29) is 5.91 Å². The minimum absolute atomic E-state index is 0.270. The molecule has 0 aliphatic rings. The van der Waals surface area contributed by atoms with Crippen LogP contribution < -0.4 is 20.5 Å². The number of benzene rings is 2. The fraction of sp³-hybridized carbons (Fsp3) is 0.188. The maximum atomic E-state index is 12.5. The highest BCUT2D eigenvalue weighted by Crippen LogP contribution is 2.31. The van der Waals surface area contributed by atoms with Gasteiger partial charge >= 0.3 is 0 Å². The number of rotatable bonds is 4. The molecule has 0 spiro atoms. The first-order chi connectivity index (χ1) is 10.5. The first kappa shape index (κ1) is 16.2. The molecule has 0 saturated carbocycles. The molecule has 5 nitrogen and oxygen atoms in total. The molecule has 0 aromatic heterocycles. The summed E-state index contributed by atoms with van der Waals surface area (Å²) in [7, 11) is 3.07. The molecule has 0 fully saturated rings. The molecule has 0 bridgehead atoms. The molecular formula is C16H17BrN2O3. The maximum absolute atomic E-state index is 12.5. The van der Waals surface area contributed by atoms with Gasteiger partial charge < -0.3 is 20.5 Å². The Morgan fingerprint density at radius 1 is 1.18 bits per heavy atom. The number of methoxy groups -OCH3 is 2. The van der Waals surface area contributed by atoms with Gasteiger partial charge in [0.15, 0.2) is 0 Å². The molecular weight excluding hydrogens is 348 g/mol. The fourth-order valence-electron chi connectivity index (χ4n) is 2.10. The van der Waals surface area contributed by atoms with Crippen LogP contribution in [0.3, 0.4) is 0 Å². The molecule has 0 saturated heterocycles. The first-order valence-corrected chi connectivity index (χ1v) is 7.34. The fourth-order valence-corrected chi connectivity index (χ4v) is 2.77. The summed E-state index contributed by atoms with van der Waals surface area (Å²) >= 11 is 3.41. The van der Waals surface area contributed by atoms with Gasteiger partial charge in [0.25, 0.3) is 5.91 Å². The van der Waals surface area contributed by atoms with Crippen molar-refractivity contribution in [2.24, 2.45) is 0 Å².